The smallest absolute Gasteiger partial charge is 0.326 e. The summed E-state index contributed by atoms with van der Waals surface area (Å²) >= 11 is 0. The number of rotatable bonds is 7. The van der Waals surface area contributed by atoms with Gasteiger partial charge in [0.25, 0.3) is 0 Å². The van der Waals surface area contributed by atoms with Crippen LogP contribution < -0.4 is 15.8 Å². The first-order valence-corrected chi connectivity index (χ1v) is 9.35. The summed E-state index contributed by atoms with van der Waals surface area (Å²) in [5, 5.41) is 11.9. The Morgan fingerprint density at radius 1 is 1.14 bits per heavy atom. The molecule has 3 rings (SSSR count). The zero-order chi connectivity index (χ0) is 20.8. The van der Waals surface area contributed by atoms with Crippen molar-refractivity contribution in [1.29, 1.82) is 0 Å². The number of primary amides is 1. The van der Waals surface area contributed by atoms with Gasteiger partial charge in [-0.25, -0.2) is 9.59 Å². The summed E-state index contributed by atoms with van der Waals surface area (Å²) in [6, 6.07) is 13.9. The average molecular weight is 397 g/mol. The predicted molar refractivity (Wildman–Crippen MR) is 105 cm³/mol. The average Bonchev–Trinajstić information content (AvgIpc) is 3.18. The first-order valence-electron chi connectivity index (χ1n) is 9.35. The maximum Gasteiger partial charge on any atom is 0.326 e. The minimum atomic E-state index is -1.02. The van der Waals surface area contributed by atoms with Crippen molar-refractivity contribution in [1.82, 2.24) is 10.2 Å². The second-order valence-corrected chi connectivity index (χ2v) is 6.84. The zero-order valence-electron chi connectivity index (χ0n) is 15.8. The zero-order valence-corrected chi connectivity index (χ0v) is 15.8. The van der Waals surface area contributed by atoms with E-state index in [1.165, 1.54) is 4.90 Å². The van der Waals surface area contributed by atoms with Crippen LogP contribution in [0.1, 0.15) is 30.9 Å². The van der Waals surface area contributed by atoms with Gasteiger partial charge >= 0.3 is 12.0 Å². The van der Waals surface area contributed by atoms with Crippen molar-refractivity contribution in [2.75, 3.05) is 6.54 Å². The quantitative estimate of drug-likeness (QED) is 0.663. The lowest BCUT2D eigenvalue weighted by atomic mass is 10.0. The molecule has 2 aromatic rings. The van der Waals surface area contributed by atoms with Gasteiger partial charge in [-0.15, -0.1) is 0 Å². The van der Waals surface area contributed by atoms with Gasteiger partial charge in [0.05, 0.1) is 12.5 Å². The number of carboxylic acid groups (broad SMARTS) is 1. The number of hydrogen-bond acceptors (Lipinski definition) is 4. The highest BCUT2D eigenvalue weighted by Crippen LogP contribution is 2.27. The molecule has 1 unspecified atom stereocenters. The molecule has 1 heterocycles. The van der Waals surface area contributed by atoms with Crippen molar-refractivity contribution >= 4 is 17.9 Å². The summed E-state index contributed by atoms with van der Waals surface area (Å²) in [6.07, 6.45) is 0.966. The molecule has 2 aromatic carbocycles. The van der Waals surface area contributed by atoms with Crippen LogP contribution in [-0.4, -0.2) is 40.5 Å². The Balaban J connectivity index is 1.78. The summed E-state index contributed by atoms with van der Waals surface area (Å²) in [5.41, 5.74) is 5.93. The van der Waals surface area contributed by atoms with E-state index in [-0.39, 0.29) is 12.3 Å². The Morgan fingerprint density at radius 3 is 2.55 bits per heavy atom. The van der Waals surface area contributed by atoms with Gasteiger partial charge in [0.2, 0.25) is 5.91 Å². The Labute approximate surface area is 168 Å². The van der Waals surface area contributed by atoms with Crippen molar-refractivity contribution in [3.63, 3.8) is 0 Å². The number of nitrogens with one attached hydrogen (secondary N) is 1. The maximum atomic E-state index is 12.7. The number of carboxylic acids is 1. The molecule has 0 aliphatic carbocycles. The fourth-order valence-corrected chi connectivity index (χ4v) is 3.46. The molecule has 1 aliphatic heterocycles. The third-order valence-corrected chi connectivity index (χ3v) is 4.79. The first-order chi connectivity index (χ1) is 13.9. The molecular formula is C21H23N3O5. The molecule has 0 spiro atoms. The highest BCUT2D eigenvalue weighted by atomic mass is 16.5. The number of carbonyl (C=O) groups excluding carboxylic acids is 2. The second kappa shape index (κ2) is 9.09. The van der Waals surface area contributed by atoms with E-state index in [9.17, 15) is 19.5 Å². The van der Waals surface area contributed by atoms with Crippen LogP contribution in [0.3, 0.4) is 0 Å². The summed E-state index contributed by atoms with van der Waals surface area (Å²) in [7, 11) is 0. The fraction of sp³-hybridized carbons (Fsp3) is 0.286. The molecule has 1 saturated heterocycles. The number of benzene rings is 2. The maximum absolute atomic E-state index is 12.7. The molecule has 0 bridgehead atoms. The van der Waals surface area contributed by atoms with E-state index in [1.54, 1.807) is 24.3 Å². The number of nitrogens with zero attached hydrogens (tertiary/aromatic N) is 1. The molecule has 8 nitrogen and oxygen atoms in total. The largest absolute Gasteiger partial charge is 0.480 e. The van der Waals surface area contributed by atoms with Crippen molar-refractivity contribution < 1.29 is 24.2 Å². The van der Waals surface area contributed by atoms with Crippen LogP contribution in [0, 0.1) is 0 Å². The number of amides is 3. The Morgan fingerprint density at radius 2 is 1.86 bits per heavy atom. The van der Waals surface area contributed by atoms with Gasteiger partial charge in [0, 0.05) is 6.54 Å². The van der Waals surface area contributed by atoms with E-state index in [0.29, 0.717) is 36.4 Å². The molecular weight excluding hydrogens is 374 g/mol. The van der Waals surface area contributed by atoms with Crippen molar-refractivity contribution in [3.05, 3.63) is 60.2 Å². The molecule has 4 N–H and O–H groups in total. The first kappa shape index (κ1) is 20.2. The van der Waals surface area contributed by atoms with Gasteiger partial charge in [-0.3, -0.25) is 4.79 Å². The van der Waals surface area contributed by atoms with Crippen LogP contribution in [0.5, 0.6) is 11.5 Å². The minimum absolute atomic E-state index is 0.0957. The molecule has 0 aromatic heterocycles. The van der Waals surface area contributed by atoms with Crippen LogP contribution >= 0.6 is 0 Å². The lowest BCUT2D eigenvalue weighted by Gasteiger charge is -2.25. The van der Waals surface area contributed by atoms with E-state index in [1.807, 2.05) is 30.3 Å². The Kier molecular flexibility index (Phi) is 6.33. The van der Waals surface area contributed by atoms with Crippen molar-refractivity contribution in [3.8, 4) is 11.5 Å². The van der Waals surface area contributed by atoms with Gasteiger partial charge in [0.1, 0.15) is 17.5 Å². The minimum Gasteiger partial charge on any atom is -0.480 e. The highest BCUT2D eigenvalue weighted by molar-refractivity contribution is 5.85. The van der Waals surface area contributed by atoms with Crippen LogP contribution in [-0.2, 0) is 9.59 Å². The number of para-hydroxylation sites is 1. The number of aliphatic carboxylic acids is 1. The van der Waals surface area contributed by atoms with Gasteiger partial charge in [-0.2, -0.15) is 0 Å². The topological polar surface area (TPSA) is 122 Å². The molecule has 1 fully saturated rings. The Hall–Kier alpha value is -3.55. The van der Waals surface area contributed by atoms with Gasteiger partial charge in [-0.05, 0) is 42.7 Å². The number of carbonyl (C=O) groups is 3. The standard InChI is InChI=1S/C21H23N3O5/c22-21(28)23-17(13-19(25)24-11-5-10-18(24)20(26)27)14-6-4-9-16(12-14)29-15-7-2-1-3-8-15/h1-4,6-9,12,17-18H,5,10-11,13H2,(H,26,27)(H3,22,23,28)/t17?,18-/m0/s1. The predicted octanol–water partition coefficient (Wildman–Crippen LogP) is 2.65. The summed E-state index contributed by atoms with van der Waals surface area (Å²) in [4.78, 5) is 37.0. The van der Waals surface area contributed by atoms with E-state index in [2.05, 4.69) is 5.32 Å². The van der Waals surface area contributed by atoms with Gasteiger partial charge in [0.15, 0.2) is 0 Å². The number of hydrogen-bond donors (Lipinski definition) is 3. The molecule has 0 saturated carbocycles. The molecule has 3 amide bonds. The van der Waals surface area contributed by atoms with Crippen LogP contribution in [0.2, 0.25) is 0 Å². The van der Waals surface area contributed by atoms with Crippen molar-refractivity contribution in [2.24, 2.45) is 5.73 Å². The highest BCUT2D eigenvalue weighted by Gasteiger charge is 2.35. The van der Waals surface area contributed by atoms with Crippen LogP contribution in [0.4, 0.5) is 4.79 Å². The summed E-state index contributed by atoms with van der Waals surface area (Å²) < 4.78 is 5.81. The lowest BCUT2D eigenvalue weighted by Crippen LogP contribution is -2.43. The normalized spacial score (nSPS) is 16.8. The summed E-state index contributed by atoms with van der Waals surface area (Å²) in [6.45, 7) is 0.385. The van der Waals surface area contributed by atoms with E-state index >= 15 is 0 Å². The summed E-state index contributed by atoms with van der Waals surface area (Å²) in [5.74, 6) is -0.167. The number of urea groups is 1. The van der Waals surface area contributed by atoms with E-state index in [4.69, 9.17) is 10.5 Å². The lowest BCUT2D eigenvalue weighted by molar-refractivity contribution is -0.148. The van der Waals surface area contributed by atoms with Crippen molar-refractivity contribution in [2.45, 2.75) is 31.3 Å². The van der Waals surface area contributed by atoms with E-state index in [0.717, 1.165) is 0 Å². The molecule has 2 atom stereocenters. The molecule has 29 heavy (non-hydrogen) atoms. The van der Waals surface area contributed by atoms with Crippen LogP contribution in [0.25, 0.3) is 0 Å². The molecule has 0 radical (unpaired) electrons. The monoisotopic (exact) mass is 397 g/mol. The van der Waals surface area contributed by atoms with E-state index < -0.39 is 24.1 Å². The van der Waals surface area contributed by atoms with Gasteiger partial charge < -0.3 is 25.8 Å². The molecule has 1 aliphatic rings. The Bertz CT molecular complexity index is 887. The molecule has 152 valence electrons. The number of likely N-dealkylation sites (tertiary alicyclic amines) is 1. The molecule has 8 heteroatoms. The SMILES string of the molecule is NC(=O)NC(CC(=O)N1CCC[C@H]1C(=O)O)c1cccc(Oc2ccccc2)c1. The number of nitrogens with two attached hydrogens (primary N) is 1. The third-order valence-electron chi connectivity index (χ3n) is 4.79. The number of ether oxygens (including phenoxy) is 1. The second-order valence-electron chi connectivity index (χ2n) is 6.84. The fourth-order valence-electron chi connectivity index (χ4n) is 3.46. The van der Waals surface area contributed by atoms with Crippen LogP contribution in [0.15, 0.2) is 54.6 Å². The third kappa shape index (κ3) is 5.25. The van der Waals surface area contributed by atoms with Gasteiger partial charge in [-0.1, -0.05) is 30.3 Å².